The molecule has 0 radical (unpaired) electrons. The van der Waals surface area contributed by atoms with Gasteiger partial charge in [0.25, 0.3) is 0 Å². The maximum atomic E-state index is 14.1. The van der Waals surface area contributed by atoms with Crippen LogP contribution < -0.4 is 9.62 Å². The summed E-state index contributed by atoms with van der Waals surface area (Å²) in [7, 11) is -3.82. The fraction of sp³-hybridized carbons (Fsp3) is 0.355. The lowest BCUT2D eigenvalue weighted by molar-refractivity contribution is -0.140. The quantitative estimate of drug-likeness (QED) is 0.320. The zero-order chi connectivity index (χ0) is 29.4. The van der Waals surface area contributed by atoms with Gasteiger partial charge in [-0.25, -0.2) is 8.42 Å². The van der Waals surface area contributed by atoms with Crippen LogP contribution >= 0.6 is 11.6 Å². The fourth-order valence-corrected chi connectivity index (χ4v) is 5.56. The third-order valence-corrected chi connectivity index (χ3v) is 7.75. The monoisotopic (exact) mass is 583 g/mol. The summed E-state index contributed by atoms with van der Waals surface area (Å²) in [6.07, 6.45) is 1.34. The van der Waals surface area contributed by atoms with Crippen molar-refractivity contribution in [1.29, 1.82) is 0 Å². The molecule has 1 unspecified atom stereocenters. The number of amides is 2. The minimum atomic E-state index is -3.82. The summed E-state index contributed by atoms with van der Waals surface area (Å²) in [5.74, 6) is -0.584. The number of nitrogens with one attached hydrogen (secondary N) is 1. The predicted molar refractivity (Wildman–Crippen MR) is 162 cm³/mol. The van der Waals surface area contributed by atoms with Gasteiger partial charge in [0.15, 0.2) is 0 Å². The molecule has 0 aliphatic heterocycles. The van der Waals surface area contributed by atoms with Gasteiger partial charge in [0.1, 0.15) is 12.6 Å². The number of carbonyl (C=O) groups is 2. The van der Waals surface area contributed by atoms with Crippen LogP contribution in [0.5, 0.6) is 0 Å². The number of sulfonamides is 1. The highest BCUT2D eigenvalue weighted by molar-refractivity contribution is 7.92. The van der Waals surface area contributed by atoms with Crippen LogP contribution in [0, 0.1) is 19.8 Å². The van der Waals surface area contributed by atoms with Gasteiger partial charge in [-0.1, -0.05) is 74.0 Å². The Morgan fingerprint density at radius 1 is 0.900 bits per heavy atom. The van der Waals surface area contributed by atoms with Crippen LogP contribution in [0.2, 0.25) is 5.02 Å². The standard InChI is InChI=1S/C31H38ClN3O4S/c1-22(2)19-33-31(37)29(18-25-10-7-6-8-11-25)34(20-26-12-9-13-27(32)17-26)30(36)21-35(40(5,38)39)28-15-23(3)14-24(4)16-28/h6-17,22,29H,18-21H2,1-5H3,(H,33,37). The van der Waals surface area contributed by atoms with Crippen molar-refractivity contribution in [2.24, 2.45) is 5.92 Å². The fourth-order valence-electron chi connectivity index (χ4n) is 4.52. The zero-order valence-corrected chi connectivity index (χ0v) is 25.3. The van der Waals surface area contributed by atoms with Crippen LogP contribution in [-0.2, 0) is 32.6 Å². The smallest absolute Gasteiger partial charge is 0.244 e. The first-order chi connectivity index (χ1) is 18.8. The molecule has 214 valence electrons. The number of aryl methyl sites for hydroxylation is 2. The molecule has 3 aromatic carbocycles. The van der Waals surface area contributed by atoms with Crippen molar-refractivity contribution in [3.63, 3.8) is 0 Å². The molecular formula is C31H38ClN3O4S. The molecule has 0 aromatic heterocycles. The largest absolute Gasteiger partial charge is 0.354 e. The van der Waals surface area contributed by atoms with Gasteiger partial charge in [0.2, 0.25) is 21.8 Å². The highest BCUT2D eigenvalue weighted by Gasteiger charge is 2.33. The molecule has 3 aromatic rings. The second kappa shape index (κ2) is 13.8. The second-order valence-electron chi connectivity index (χ2n) is 10.6. The minimum Gasteiger partial charge on any atom is -0.354 e. The van der Waals surface area contributed by atoms with E-state index in [1.807, 2.05) is 70.2 Å². The Labute approximate surface area is 243 Å². The topological polar surface area (TPSA) is 86.8 Å². The Balaban J connectivity index is 2.06. The van der Waals surface area contributed by atoms with Crippen LogP contribution in [-0.4, -0.2) is 50.5 Å². The Morgan fingerprint density at radius 2 is 1.52 bits per heavy atom. The van der Waals surface area contributed by atoms with Gasteiger partial charge in [-0.05, 0) is 66.3 Å². The van der Waals surface area contributed by atoms with Crippen LogP contribution in [0.15, 0.2) is 72.8 Å². The third-order valence-electron chi connectivity index (χ3n) is 6.37. The van der Waals surface area contributed by atoms with Crippen LogP contribution in [0.25, 0.3) is 0 Å². The first kappa shape index (κ1) is 31.2. The predicted octanol–water partition coefficient (Wildman–Crippen LogP) is 5.14. The number of anilines is 1. The summed E-state index contributed by atoms with van der Waals surface area (Å²) >= 11 is 6.25. The molecule has 0 saturated heterocycles. The Morgan fingerprint density at radius 3 is 2.10 bits per heavy atom. The van der Waals surface area contributed by atoms with Gasteiger partial charge < -0.3 is 10.2 Å². The average molecular weight is 584 g/mol. The van der Waals surface area contributed by atoms with Crippen molar-refractivity contribution in [3.05, 3.63) is 100 Å². The van der Waals surface area contributed by atoms with Gasteiger partial charge in [0, 0.05) is 24.5 Å². The van der Waals surface area contributed by atoms with Crippen molar-refractivity contribution in [1.82, 2.24) is 10.2 Å². The molecule has 0 saturated carbocycles. The summed E-state index contributed by atoms with van der Waals surface area (Å²) in [6, 6.07) is 21.1. The molecule has 7 nitrogen and oxygen atoms in total. The summed E-state index contributed by atoms with van der Waals surface area (Å²) in [5.41, 5.74) is 3.77. The zero-order valence-electron chi connectivity index (χ0n) is 23.7. The number of halogens is 1. The van der Waals surface area contributed by atoms with Gasteiger partial charge in [-0.3, -0.25) is 13.9 Å². The normalized spacial score (nSPS) is 12.2. The molecule has 1 atom stereocenters. The van der Waals surface area contributed by atoms with Crippen molar-refractivity contribution >= 4 is 39.1 Å². The Bertz CT molecular complexity index is 1410. The summed E-state index contributed by atoms with van der Waals surface area (Å²) in [6.45, 7) is 7.81. The van der Waals surface area contributed by atoms with Crippen molar-refractivity contribution < 1.29 is 18.0 Å². The number of nitrogens with zero attached hydrogens (tertiary/aromatic N) is 2. The van der Waals surface area contributed by atoms with E-state index in [2.05, 4.69) is 5.32 Å². The number of rotatable bonds is 12. The minimum absolute atomic E-state index is 0.0798. The van der Waals surface area contributed by atoms with E-state index < -0.39 is 28.5 Å². The molecule has 0 aliphatic rings. The second-order valence-corrected chi connectivity index (χ2v) is 13.0. The van der Waals surface area contributed by atoms with E-state index in [0.29, 0.717) is 17.3 Å². The van der Waals surface area contributed by atoms with Crippen LogP contribution in [0.1, 0.15) is 36.1 Å². The number of hydrogen-bond donors (Lipinski definition) is 1. The van der Waals surface area contributed by atoms with Gasteiger partial charge in [-0.15, -0.1) is 0 Å². The number of carbonyl (C=O) groups excluding carboxylic acids is 2. The molecule has 40 heavy (non-hydrogen) atoms. The molecule has 3 rings (SSSR count). The number of hydrogen-bond acceptors (Lipinski definition) is 4. The van der Waals surface area contributed by atoms with E-state index in [1.165, 1.54) is 4.90 Å². The molecule has 2 amide bonds. The molecule has 0 bridgehead atoms. The van der Waals surface area contributed by atoms with Crippen molar-refractivity contribution in [2.75, 3.05) is 23.7 Å². The summed E-state index contributed by atoms with van der Waals surface area (Å²) in [4.78, 5) is 29.2. The third kappa shape index (κ3) is 9.10. The maximum Gasteiger partial charge on any atom is 0.244 e. The van der Waals surface area contributed by atoms with Crippen molar-refractivity contribution in [2.45, 2.75) is 46.7 Å². The van der Waals surface area contributed by atoms with E-state index in [9.17, 15) is 18.0 Å². The average Bonchev–Trinajstić information content (AvgIpc) is 2.87. The van der Waals surface area contributed by atoms with Crippen LogP contribution in [0.4, 0.5) is 5.69 Å². The van der Waals surface area contributed by atoms with Gasteiger partial charge in [-0.2, -0.15) is 0 Å². The molecule has 1 N–H and O–H groups in total. The molecule has 0 spiro atoms. The first-order valence-electron chi connectivity index (χ1n) is 13.2. The molecule has 9 heteroatoms. The summed E-state index contributed by atoms with van der Waals surface area (Å²) in [5, 5.41) is 3.48. The summed E-state index contributed by atoms with van der Waals surface area (Å²) < 4.78 is 27.0. The van der Waals surface area contributed by atoms with E-state index >= 15 is 0 Å². The molecule has 0 fully saturated rings. The highest BCUT2D eigenvalue weighted by atomic mass is 35.5. The Kier molecular flexibility index (Phi) is 10.8. The lowest BCUT2D eigenvalue weighted by Crippen LogP contribution is -2.53. The first-order valence-corrected chi connectivity index (χ1v) is 15.5. The van der Waals surface area contributed by atoms with Crippen LogP contribution in [0.3, 0.4) is 0 Å². The van der Waals surface area contributed by atoms with E-state index in [0.717, 1.165) is 32.8 Å². The Hall–Kier alpha value is -3.36. The molecule has 0 heterocycles. The maximum absolute atomic E-state index is 14.1. The lowest BCUT2D eigenvalue weighted by atomic mass is 10.0. The van der Waals surface area contributed by atoms with E-state index in [4.69, 9.17) is 11.6 Å². The molecule has 0 aliphatic carbocycles. The van der Waals surface area contributed by atoms with Gasteiger partial charge >= 0.3 is 0 Å². The van der Waals surface area contributed by atoms with E-state index in [1.54, 1.807) is 30.3 Å². The number of benzene rings is 3. The SMILES string of the molecule is Cc1cc(C)cc(N(CC(=O)N(Cc2cccc(Cl)c2)C(Cc2ccccc2)C(=O)NCC(C)C)S(C)(=O)=O)c1. The van der Waals surface area contributed by atoms with Gasteiger partial charge in [0.05, 0.1) is 11.9 Å². The molecular weight excluding hydrogens is 546 g/mol. The lowest BCUT2D eigenvalue weighted by Gasteiger charge is -2.33. The highest BCUT2D eigenvalue weighted by Crippen LogP contribution is 2.23. The van der Waals surface area contributed by atoms with E-state index in [-0.39, 0.29) is 24.8 Å². The van der Waals surface area contributed by atoms with Crippen molar-refractivity contribution in [3.8, 4) is 0 Å².